The van der Waals surface area contributed by atoms with Gasteiger partial charge in [0, 0.05) is 49.4 Å². The fourth-order valence-electron chi connectivity index (χ4n) is 3.11. The Morgan fingerprint density at radius 1 is 0.852 bits per heavy atom. The Balaban J connectivity index is 1.47. The lowest BCUT2D eigenvalue weighted by atomic mass is 10.1. The van der Waals surface area contributed by atoms with Gasteiger partial charge in [-0.25, -0.2) is 0 Å². The fourth-order valence-corrected chi connectivity index (χ4v) is 3.11. The molecule has 8 nitrogen and oxygen atoms in total. The molecule has 4 rings (SSSR count). The van der Waals surface area contributed by atoms with Crippen LogP contribution >= 0.6 is 0 Å². The molecule has 0 spiro atoms. The van der Waals surface area contributed by atoms with Crippen molar-refractivity contribution < 1.29 is 10.2 Å². The van der Waals surface area contributed by atoms with Crippen molar-refractivity contribution in [3.63, 3.8) is 0 Å². The van der Waals surface area contributed by atoms with Crippen molar-refractivity contribution in [3.8, 4) is 11.5 Å². The maximum absolute atomic E-state index is 10.2. The summed E-state index contributed by atoms with van der Waals surface area (Å²) in [5.41, 5.74) is 8.42. The van der Waals surface area contributed by atoms with Gasteiger partial charge in [-0.2, -0.15) is 10.2 Å². The summed E-state index contributed by atoms with van der Waals surface area (Å²) < 4.78 is 0. The molecule has 2 aromatic rings. The quantitative estimate of drug-likeness (QED) is 0.546. The minimum atomic E-state index is 0.202. The van der Waals surface area contributed by atoms with Crippen molar-refractivity contribution in [2.45, 2.75) is 6.54 Å². The van der Waals surface area contributed by atoms with E-state index in [2.05, 4.69) is 31.3 Å². The van der Waals surface area contributed by atoms with E-state index in [0.29, 0.717) is 18.2 Å². The largest absolute Gasteiger partial charge is 0.508 e. The molecule has 0 aromatic heterocycles. The van der Waals surface area contributed by atoms with Crippen LogP contribution in [0.2, 0.25) is 0 Å². The molecule has 0 unspecified atom stereocenters. The van der Waals surface area contributed by atoms with E-state index >= 15 is 0 Å². The minimum Gasteiger partial charge on any atom is -0.508 e. The lowest BCUT2D eigenvalue weighted by Crippen LogP contribution is -2.42. The zero-order chi connectivity index (χ0) is 18.6. The first-order valence-electron chi connectivity index (χ1n) is 8.91. The Morgan fingerprint density at radius 3 is 2.15 bits per heavy atom. The van der Waals surface area contributed by atoms with E-state index in [4.69, 9.17) is 0 Å². The summed E-state index contributed by atoms with van der Waals surface area (Å²) in [6, 6.07) is 12.2. The fraction of sp³-hybridized carbons (Fsp3) is 0.263. The molecule has 5 N–H and O–H groups in total. The highest BCUT2D eigenvalue weighted by Crippen LogP contribution is 2.21. The number of phenolic OH excluding ortho intramolecular Hbond substituents is 2. The Labute approximate surface area is 157 Å². The normalized spacial score (nSPS) is 17.5. The maximum atomic E-state index is 10.2. The number of phenols is 2. The highest BCUT2D eigenvalue weighted by atomic mass is 16.3. The second kappa shape index (κ2) is 7.65. The number of hydrogen-bond acceptors (Lipinski definition) is 8. The SMILES string of the molecule is Oc1ccc(C2=NNC(c3ccc(O)c(CN4CCNCC4)c3)=NN2)cc1. The van der Waals surface area contributed by atoms with Crippen LogP contribution in [-0.4, -0.2) is 53.0 Å². The number of hydrogen-bond donors (Lipinski definition) is 5. The molecule has 2 aliphatic heterocycles. The van der Waals surface area contributed by atoms with Crippen LogP contribution in [0.15, 0.2) is 52.7 Å². The van der Waals surface area contributed by atoms with Crippen molar-refractivity contribution in [1.29, 1.82) is 0 Å². The Kier molecular flexibility index (Phi) is 4.91. The van der Waals surface area contributed by atoms with Crippen molar-refractivity contribution in [3.05, 3.63) is 59.2 Å². The summed E-state index contributed by atoms with van der Waals surface area (Å²) in [7, 11) is 0. The number of piperazine rings is 1. The molecule has 1 saturated heterocycles. The first-order chi connectivity index (χ1) is 13.2. The van der Waals surface area contributed by atoms with E-state index in [1.54, 1.807) is 30.3 Å². The van der Waals surface area contributed by atoms with Gasteiger partial charge in [-0.05, 0) is 42.5 Å². The molecule has 0 radical (unpaired) electrons. The summed E-state index contributed by atoms with van der Waals surface area (Å²) in [5, 5.41) is 31.6. The maximum Gasteiger partial charge on any atom is 0.173 e. The van der Waals surface area contributed by atoms with E-state index in [1.165, 1.54) is 0 Å². The van der Waals surface area contributed by atoms with Crippen LogP contribution in [0.25, 0.3) is 0 Å². The standard InChI is InChI=1S/C19H22N6O2/c26-16-4-1-13(2-5-16)18-21-23-19(24-22-18)14-3-6-17(27)15(11-14)12-25-9-7-20-8-10-25/h1-6,11,20,26-27H,7-10,12H2,(H,21,22)(H,23,24). The zero-order valence-electron chi connectivity index (χ0n) is 14.8. The molecule has 0 amide bonds. The van der Waals surface area contributed by atoms with E-state index in [0.717, 1.165) is 42.9 Å². The molecule has 0 bridgehead atoms. The van der Waals surface area contributed by atoms with Crippen LogP contribution in [0.1, 0.15) is 16.7 Å². The number of rotatable bonds is 4. The summed E-state index contributed by atoms with van der Waals surface area (Å²) in [6.07, 6.45) is 0. The average Bonchev–Trinajstić information content (AvgIpc) is 2.71. The van der Waals surface area contributed by atoms with Crippen molar-refractivity contribution in [1.82, 2.24) is 21.1 Å². The van der Waals surface area contributed by atoms with Crippen molar-refractivity contribution >= 4 is 11.7 Å². The molecule has 0 saturated carbocycles. The number of hydrazone groups is 2. The van der Waals surface area contributed by atoms with Gasteiger partial charge in [-0.1, -0.05) is 0 Å². The van der Waals surface area contributed by atoms with Gasteiger partial charge < -0.3 is 15.5 Å². The van der Waals surface area contributed by atoms with Crippen LogP contribution in [0, 0.1) is 0 Å². The number of amidine groups is 2. The van der Waals surface area contributed by atoms with Gasteiger partial charge in [-0.15, -0.1) is 0 Å². The highest BCUT2D eigenvalue weighted by Gasteiger charge is 2.16. The summed E-state index contributed by atoms with van der Waals surface area (Å²) in [5.74, 6) is 1.64. The lowest BCUT2D eigenvalue weighted by molar-refractivity contribution is 0.230. The minimum absolute atomic E-state index is 0.202. The van der Waals surface area contributed by atoms with Crippen LogP contribution < -0.4 is 16.2 Å². The first-order valence-corrected chi connectivity index (χ1v) is 8.91. The van der Waals surface area contributed by atoms with Gasteiger partial charge >= 0.3 is 0 Å². The van der Waals surface area contributed by atoms with Crippen LogP contribution in [-0.2, 0) is 6.54 Å². The average molecular weight is 366 g/mol. The van der Waals surface area contributed by atoms with Gasteiger partial charge in [0.1, 0.15) is 11.5 Å². The molecule has 140 valence electrons. The molecule has 0 atom stereocenters. The van der Waals surface area contributed by atoms with Crippen molar-refractivity contribution in [2.75, 3.05) is 26.2 Å². The molecule has 8 heteroatoms. The van der Waals surface area contributed by atoms with Crippen LogP contribution in [0.4, 0.5) is 0 Å². The second-order valence-electron chi connectivity index (χ2n) is 6.56. The first kappa shape index (κ1) is 17.3. The zero-order valence-corrected chi connectivity index (χ0v) is 14.8. The Hall–Kier alpha value is -3.10. The van der Waals surface area contributed by atoms with Gasteiger partial charge in [0.2, 0.25) is 0 Å². The Bertz CT molecular complexity index is 872. The van der Waals surface area contributed by atoms with Gasteiger partial charge in [0.15, 0.2) is 11.7 Å². The van der Waals surface area contributed by atoms with E-state index in [9.17, 15) is 10.2 Å². The number of nitrogens with zero attached hydrogens (tertiary/aromatic N) is 3. The molecule has 2 aliphatic rings. The number of nitrogens with one attached hydrogen (secondary N) is 3. The summed E-state index contributed by atoms with van der Waals surface area (Å²) in [4.78, 5) is 2.31. The highest BCUT2D eigenvalue weighted by molar-refractivity contribution is 6.06. The van der Waals surface area contributed by atoms with E-state index in [-0.39, 0.29) is 11.5 Å². The van der Waals surface area contributed by atoms with Gasteiger partial charge in [0.05, 0.1) is 0 Å². The molecule has 27 heavy (non-hydrogen) atoms. The summed E-state index contributed by atoms with van der Waals surface area (Å²) in [6.45, 7) is 4.56. The summed E-state index contributed by atoms with van der Waals surface area (Å²) >= 11 is 0. The smallest absolute Gasteiger partial charge is 0.173 e. The van der Waals surface area contributed by atoms with Gasteiger partial charge in [0.25, 0.3) is 0 Å². The van der Waals surface area contributed by atoms with Crippen molar-refractivity contribution in [2.24, 2.45) is 10.2 Å². The second-order valence-corrected chi connectivity index (χ2v) is 6.56. The number of aromatic hydroxyl groups is 2. The van der Waals surface area contributed by atoms with Crippen LogP contribution in [0.5, 0.6) is 11.5 Å². The van der Waals surface area contributed by atoms with Gasteiger partial charge in [-0.3, -0.25) is 15.8 Å². The molecule has 1 fully saturated rings. The van der Waals surface area contributed by atoms with E-state index < -0.39 is 0 Å². The monoisotopic (exact) mass is 366 g/mol. The Morgan fingerprint density at radius 2 is 1.48 bits per heavy atom. The third-order valence-corrected chi connectivity index (χ3v) is 4.64. The lowest BCUT2D eigenvalue weighted by Gasteiger charge is -2.27. The van der Waals surface area contributed by atoms with E-state index in [1.807, 2.05) is 12.1 Å². The third-order valence-electron chi connectivity index (χ3n) is 4.64. The molecule has 0 aliphatic carbocycles. The molecule has 2 aromatic carbocycles. The topological polar surface area (TPSA) is 105 Å². The molecule has 2 heterocycles. The third kappa shape index (κ3) is 4.02. The molecular weight excluding hydrogens is 344 g/mol. The number of benzene rings is 2. The predicted molar refractivity (Wildman–Crippen MR) is 104 cm³/mol. The predicted octanol–water partition coefficient (Wildman–Crippen LogP) is 0.719. The molecular formula is C19H22N6O2. The van der Waals surface area contributed by atoms with Crippen LogP contribution in [0.3, 0.4) is 0 Å².